The Labute approximate surface area is 112 Å². The van der Waals surface area contributed by atoms with Crippen molar-refractivity contribution in [2.75, 3.05) is 0 Å². The summed E-state index contributed by atoms with van der Waals surface area (Å²) in [5, 5.41) is -0.384. The zero-order chi connectivity index (χ0) is 14.0. The van der Waals surface area contributed by atoms with Gasteiger partial charge in [0.25, 0.3) is 0 Å². The fraction of sp³-hybridized carbons (Fsp3) is 0.167. The van der Waals surface area contributed by atoms with E-state index in [1.165, 1.54) is 0 Å². The summed E-state index contributed by atoms with van der Waals surface area (Å²) in [5.74, 6) is -0.323. The van der Waals surface area contributed by atoms with Gasteiger partial charge in [-0.1, -0.05) is 29.8 Å². The molecule has 0 aliphatic heterocycles. The number of hydrogen-bond acceptors (Lipinski definition) is 3. The second-order valence-electron chi connectivity index (χ2n) is 3.71. The summed E-state index contributed by atoms with van der Waals surface area (Å²) < 4.78 is 43.6. The van der Waals surface area contributed by atoms with Crippen LogP contribution in [-0.2, 0) is 6.18 Å². The van der Waals surface area contributed by atoms with Crippen LogP contribution in [0.3, 0.4) is 0 Å². The van der Waals surface area contributed by atoms with Crippen molar-refractivity contribution < 1.29 is 17.9 Å². The van der Waals surface area contributed by atoms with Crippen LogP contribution < -0.4 is 4.74 Å². The van der Waals surface area contributed by atoms with Crippen LogP contribution in [0.2, 0.25) is 5.15 Å². The third-order valence-corrected chi connectivity index (χ3v) is 2.60. The Morgan fingerprint density at radius 3 is 2.47 bits per heavy atom. The summed E-state index contributed by atoms with van der Waals surface area (Å²) in [7, 11) is 0. The predicted molar refractivity (Wildman–Crippen MR) is 63.3 cm³/mol. The van der Waals surface area contributed by atoms with Gasteiger partial charge in [0.15, 0.2) is 16.6 Å². The first-order valence-electron chi connectivity index (χ1n) is 5.21. The van der Waals surface area contributed by atoms with E-state index < -0.39 is 17.6 Å². The lowest BCUT2D eigenvalue weighted by Gasteiger charge is -2.14. The molecule has 0 unspecified atom stereocenters. The van der Waals surface area contributed by atoms with E-state index in [9.17, 15) is 13.2 Å². The van der Waals surface area contributed by atoms with Crippen molar-refractivity contribution in [1.82, 2.24) is 9.97 Å². The summed E-state index contributed by atoms with van der Waals surface area (Å²) in [6.45, 7) is 1.71. The Morgan fingerprint density at radius 2 is 1.84 bits per heavy atom. The molecule has 0 spiro atoms. The Bertz CT molecular complexity index is 602. The van der Waals surface area contributed by atoms with E-state index in [0.29, 0.717) is 5.56 Å². The van der Waals surface area contributed by atoms with E-state index in [-0.39, 0.29) is 10.9 Å². The topological polar surface area (TPSA) is 35.0 Å². The predicted octanol–water partition coefficient (Wildman–Crippen LogP) is 4.25. The van der Waals surface area contributed by atoms with Gasteiger partial charge in [0.05, 0.1) is 0 Å². The molecule has 2 rings (SSSR count). The molecule has 0 fully saturated rings. The lowest BCUT2D eigenvalue weighted by atomic mass is 10.2. The monoisotopic (exact) mass is 288 g/mol. The average molecular weight is 289 g/mol. The van der Waals surface area contributed by atoms with Crippen molar-refractivity contribution in [3.63, 3.8) is 0 Å². The van der Waals surface area contributed by atoms with Crippen LogP contribution in [-0.4, -0.2) is 9.97 Å². The highest BCUT2D eigenvalue weighted by molar-refractivity contribution is 6.30. The van der Waals surface area contributed by atoms with Crippen molar-refractivity contribution in [1.29, 1.82) is 0 Å². The van der Waals surface area contributed by atoms with Gasteiger partial charge < -0.3 is 4.74 Å². The van der Waals surface area contributed by atoms with Crippen LogP contribution in [0, 0.1) is 6.92 Å². The van der Waals surface area contributed by atoms with Crippen molar-refractivity contribution >= 4 is 11.6 Å². The van der Waals surface area contributed by atoms with Crippen LogP contribution >= 0.6 is 11.6 Å². The summed E-state index contributed by atoms with van der Waals surface area (Å²) in [5.41, 5.74) is -0.522. The van der Waals surface area contributed by atoms with Crippen LogP contribution in [0.25, 0.3) is 0 Å². The van der Waals surface area contributed by atoms with Gasteiger partial charge >= 0.3 is 6.18 Å². The van der Waals surface area contributed by atoms with Crippen molar-refractivity contribution in [2.45, 2.75) is 13.1 Å². The van der Waals surface area contributed by atoms with Crippen LogP contribution in [0.1, 0.15) is 11.3 Å². The number of nitrogens with zero attached hydrogens (tertiary/aromatic N) is 2. The average Bonchev–Trinajstić information content (AvgIpc) is 2.33. The molecule has 1 aromatic heterocycles. The standard InChI is InChI=1S/C12H8ClF3N2O/c1-7-4-2-3-5-8(7)19-9-10(12(14,15)16)17-6-18-11(9)13/h2-6H,1H3. The first-order chi connectivity index (χ1) is 8.89. The normalized spacial score (nSPS) is 11.4. The molecule has 1 heterocycles. The first-order valence-corrected chi connectivity index (χ1v) is 5.58. The smallest absolute Gasteiger partial charge is 0.437 e. The number of alkyl halides is 3. The Hall–Kier alpha value is -1.82. The molecule has 0 aliphatic rings. The molecule has 3 nitrogen and oxygen atoms in total. The molecule has 0 aliphatic carbocycles. The van der Waals surface area contributed by atoms with E-state index in [1.54, 1.807) is 31.2 Å². The molecule has 0 N–H and O–H groups in total. The summed E-state index contributed by atoms with van der Waals surface area (Å²) >= 11 is 5.66. The molecule has 0 atom stereocenters. The van der Waals surface area contributed by atoms with Gasteiger partial charge in [-0.3, -0.25) is 0 Å². The number of halogens is 4. The largest absolute Gasteiger partial charge is 0.452 e. The third-order valence-electron chi connectivity index (χ3n) is 2.33. The van der Waals surface area contributed by atoms with Gasteiger partial charge in [0.2, 0.25) is 0 Å². The zero-order valence-corrected chi connectivity index (χ0v) is 10.5. The molecule has 0 bridgehead atoms. The molecular weight excluding hydrogens is 281 g/mol. The Kier molecular flexibility index (Phi) is 3.61. The van der Waals surface area contributed by atoms with Crippen LogP contribution in [0.15, 0.2) is 30.6 Å². The van der Waals surface area contributed by atoms with Gasteiger partial charge in [0.1, 0.15) is 12.1 Å². The van der Waals surface area contributed by atoms with Crippen molar-refractivity contribution in [2.24, 2.45) is 0 Å². The SMILES string of the molecule is Cc1ccccc1Oc1c(Cl)ncnc1C(F)(F)F. The van der Waals surface area contributed by atoms with Crippen LogP contribution in [0.5, 0.6) is 11.5 Å². The maximum Gasteiger partial charge on any atom is 0.437 e. The molecule has 7 heteroatoms. The highest BCUT2D eigenvalue weighted by Gasteiger charge is 2.38. The fourth-order valence-corrected chi connectivity index (χ4v) is 1.60. The highest BCUT2D eigenvalue weighted by Crippen LogP contribution is 2.40. The molecule has 0 radical (unpaired) electrons. The fourth-order valence-electron chi connectivity index (χ4n) is 1.43. The third kappa shape index (κ3) is 2.96. The van der Waals surface area contributed by atoms with Crippen molar-refractivity contribution in [3.8, 4) is 11.5 Å². The van der Waals surface area contributed by atoms with Crippen LogP contribution in [0.4, 0.5) is 13.2 Å². The maximum absolute atomic E-state index is 12.8. The second kappa shape index (κ2) is 5.05. The molecule has 0 saturated heterocycles. The number of hydrogen-bond donors (Lipinski definition) is 0. The lowest BCUT2D eigenvalue weighted by Crippen LogP contribution is -2.11. The number of aryl methyl sites for hydroxylation is 1. The van der Waals surface area contributed by atoms with Gasteiger partial charge in [-0.05, 0) is 18.6 Å². The number of benzene rings is 1. The van der Waals surface area contributed by atoms with E-state index >= 15 is 0 Å². The van der Waals surface area contributed by atoms with Gasteiger partial charge in [-0.15, -0.1) is 0 Å². The van der Waals surface area contributed by atoms with Gasteiger partial charge in [0, 0.05) is 0 Å². The number of aromatic nitrogens is 2. The molecule has 100 valence electrons. The molecule has 0 amide bonds. The summed E-state index contributed by atoms with van der Waals surface area (Å²) in [6, 6.07) is 6.64. The Balaban J connectivity index is 2.48. The first kappa shape index (κ1) is 13.6. The van der Waals surface area contributed by atoms with E-state index in [0.717, 1.165) is 6.33 Å². The minimum Gasteiger partial charge on any atom is -0.452 e. The minimum atomic E-state index is -4.66. The minimum absolute atomic E-state index is 0.268. The molecule has 19 heavy (non-hydrogen) atoms. The highest BCUT2D eigenvalue weighted by atomic mass is 35.5. The van der Waals surface area contributed by atoms with E-state index in [2.05, 4.69) is 9.97 Å². The molecule has 0 saturated carbocycles. The molecule has 1 aromatic carbocycles. The summed E-state index contributed by atoms with van der Waals surface area (Å²) in [6.07, 6.45) is -3.92. The van der Waals surface area contributed by atoms with Gasteiger partial charge in [-0.25, -0.2) is 9.97 Å². The van der Waals surface area contributed by atoms with Gasteiger partial charge in [-0.2, -0.15) is 13.2 Å². The number of ether oxygens (including phenoxy) is 1. The number of para-hydroxylation sites is 1. The lowest BCUT2D eigenvalue weighted by molar-refractivity contribution is -0.142. The van der Waals surface area contributed by atoms with E-state index in [4.69, 9.17) is 16.3 Å². The van der Waals surface area contributed by atoms with E-state index in [1.807, 2.05) is 0 Å². The van der Waals surface area contributed by atoms with Crippen molar-refractivity contribution in [3.05, 3.63) is 47.0 Å². The second-order valence-corrected chi connectivity index (χ2v) is 4.07. The maximum atomic E-state index is 12.8. The molecule has 2 aromatic rings. The number of rotatable bonds is 2. The molecular formula is C12H8ClF3N2O. The zero-order valence-electron chi connectivity index (χ0n) is 9.70. The Morgan fingerprint density at radius 1 is 1.16 bits per heavy atom. The quantitative estimate of drug-likeness (QED) is 0.775. The summed E-state index contributed by atoms with van der Waals surface area (Å²) in [4.78, 5) is 6.70.